The predicted octanol–water partition coefficient (Wildman–Crippen LogP) is 3.98. The number of furan rings is 1. The van der Waals surface area contributed by atoms with Gasteiger partial charge in [0.05, 0.1) is 12.7 Å². The number of benzene rings is 2. The zero-order valence-electron chi connectivity index (χ0n) is 15.2. The molecule has 134 valence electrons. The zero-order valence-corrected chi connectivity index (χ0v) is 15.2. The van der Waals surface area contributed by atoms with Crippen molar-refractivity contribution in [1.82, 2.24) is 5.32 Å². The smallest absolute Gasteiger partial charge is 0.251 e. The Morgan fingerprint density at radius 2 is 1.92 bits per heavy atom. The number of carbonyl (C=O) groups excluding carboxylic acids is 2. The summed E-state index contributed by atoms with van der Waals surface area (Å²) in [5.74, 6) is -0.311. The van der Waals surface area contributed by atoms with Crippen LogP contribution in [0.4, 0.5) is 5.69 Å². The molecule has 0 radical (unpaired) electrons. The highest BCUT2D eigenvalue weighted by Gasteiger charge is 2.13. The molecule has 0 saturated heterocycles. The van der Waals surface area contributed by atoms with Gasteiger partial charge in [-0.15, -0.1) is 0 Å². The second kappa shape index (κ2) is 7.44. The lowest BCUT2D eigenvalue weighted by molar-refractivity contribution is -0.115. The van der Waals surface area contributed by atoms with Gasteiger partial charge < -0.3 is 15.1 Å². The van der Waals surface area contributed by atoms with Crippen LogP contribution in [-0.4, -0.2) is 18.4 Å². The van der Waals surface area contributed by atoms with Gasteiger partial charge >= 0.3 is 0 Å². The maximum Gasteiger partial charge on any atom is 0.251 e. The van der Waals surface area contributed by atoms with Crippen LogP contribution in [0, 0.1) is 13.8 Å². The third-order valence-corrected chi connectivity index (χ3v) is 4.44. The Labute approximate surface area is 152 Å². The molecule has 0 aliphatic heterocycles. The number of hydrogen-bond acceptors (Lipinski definition) is 3. The van der Waals surface area contributed by atoms with E-state index < -0.39 is 0 Å². The summed E-state index contributed by atoms with van der Waals surface area (Å²) >= 11 is 0. The first-order valence-electron chi connectivity index (χ1n) is 8.64. The fraction of sp³-hybridized carbons (Fsp3) is 0.238. The van der Waals surface area contributed by atoms with E-state index >= 15 is 0 Å². The van der Waals surface area contributed by atoms with Gasteiger partial charge in [-0.1, -0.05) is 18.2 Å². The van der Waals surface area contributed by atoms with Crippen molar-refractivity contribution >= 4 is 28.5 Å². The van der Waals surface area contributed by atoms with Crippen LogP contribution in [0.3, 0.4) is 0 Å². The van der Waals surface area contributed by atoms with Crippen molar-refractivity contribution in [3.8, 4) is 0 Å². The van der Waals surface area contributed by atoms with Gasteiger partial charge in [-0.3, -0.25) is 9.59 Å². The summed E-state index contributed by atoms with van der Waals surface area (Å²) in [5.41, 5.74) is 5.03. The number of rotatable bonds is 5. The number of aryl methyl sites for hydroxylation is 2. The molecule has 3 rings (SSSR count). The highest BCUT2D eigenvalue weighted by molar-refractivity contribution is 5.98. The number of anilines is 1. The van der Waals surface area contributed by atoms with E-state index in [0.29, 0.717) is 17.8 Å². The molecule has 1 aromatic heterocycles. The Morgan fingerprint density at radius 3 is 2.69 bits per heavy atom. The van der Waals surface area contributed by atoms with Crippen LogP contribution >= 0.6 is 0 Å². The molecule has 0 aliphatic rings. The lowest BCUT2D eigenvalue weighted by Crippen LogP contribution is -2.23. The summed E-state index contributed by atoms with van der Waals surface area (Å²) in [6.45, 7) is 6.47. The van der Waals surface area contributed by atoms with Crippen LogP contribution in [0.1, 0.15) is 34.0 Å². The normalized spacial score (nSPS) is 10.7. The molecule has 0 atom stereocenters. The number of nitrogens with one attached hydrogen (secondary N) is 2. The number of carbonyl (C=O) groups is 2. The van der Waals surface area contributed by atoms with Crippen LogP contribution in [0.15, 0.2) is 47.1 Å². The molecule has 0 saturated carbocycles. The van der Waals surface area contributed by atoms with Crippen molar-refractivity contribution in [2.45, 2.75) is 27.2 Å². The summed E-state index contributed by atoms with van der Waals surface area (Å²) in [6.07, 6.45) is 1.85. The third kappa shape index (κ3) is 3.61. The van der Waals surface area contributed by atoms with E-state index in [1.165, 1.54) is 0 Å². The lowest BCUT2D eigenvalue weighted by atomic mass is 10.0. The van der Waals surface area contributed by atoms with E-state index in [-0.39, 0.29) is 18.2 Å². The highest BCUT2D eigenvalue weighted by atomic mass is 16.3. The van der Waals surface area contributed by atoms with Crippen molar-refractivity contribution in [3.05, 3.63) is 64.9 Å². The first-order valence-corrected chi connectivity index (χ1v) is 8.64. The van der Waals surface area contributed by atoms with Gasteiger partial charge in [0.25, 0.3) is 5.91 Å². The standard InChI is InChI=1S/C21H22N2O3/c1-4-22-21(25)15-6-5-7-17(10-15)23-19(24)11-16-12-26-20-14(3)13(2)8-9-18(16)20/h5-10,12H,4,11H2,1-3H3,(H,22,25)(H,23,24). The maximum absolute atomic E-state index is 12.4. The van der Waals surface area contributed by atoms with E-state index in [2.05, 4.69) is 10.6 Å². The van der Waals surface area contributed by atoms with Crippen molar-refractivity contribution in [1.29, 1.82) is 0 Å². The molecule has 0 unspecified atom stereocenters. The summed E-state index contributed by atoms with van der Waals surface area (Å²) in [7, 11) is 0. The number of fused-ring (bicyclic) bond motifs is 1. The minimum atomic E-state index is -0.157. The molecular formula is C21H22N2O3. The van der Waals surface area contributed by atoms with E-state index in [0.717, 1.165) is 27.7 Å². The third-order valence-electron chi connectivity index (χ3n) is 4.44. The van der Waals surface area contributed by atoms with Gasteiger partial charge in [0.1, 0.15) is 5.58 Å². The average Bonchev–Trinajstić information content (AvgIpc) is 3.02. The van der Waals surface area contributed by atoms with Crippen molar-refractivity contribution in [3.63, 3.8) is 0 Å². The molecule has 2 aromatic carbocycles. The topological polar surface area (TPSA) is 71.3 Å². The Morgan fingerprint density at radius 1 is 1.12 bits per heavy atom. The number of amides is 2. The Hall–Kier alpha value is -3.08. The fourth-order valence-electron chi connectivity index (χ4n) is 2.90. The summed E-state index contributed by atoms with van der Waals surface area (Å²) in [6, 6.07) is 10.9. The molecule has 5 nitrogen and oxygen atoms in total. The van der Waals surface area contributed by atoms with Crippen molar-refractivity contribution in [2.75, 3.05) is 11.9 Å². The van der Waals surface area contributed by atoms with Gasteiger partial charge in [-0.05, 0) is 50.1 Å². The summed E-state index contributed by atoms with van der Waals surface area (Å²) in [4.78, 5) is 24.3. The summed E-state index contributed by atoms with van der Waals surface area (Å²) in [5, 5.41) is 6.55. The lowest BCUT2D eigenvalue weighted by Gasteiger charge is -2.07. The second-order valence-electron chi connectivity index (χ2n) is 6.31. The molecule has 2 amide bonds. The molecule has 0 bridgehead atoms. The first-order chi connectivity index (χ1) is 12.5. The van der Waals surface area contributed by atoms with Crippen molar-refractivity contribution < 1.29 is 14.0 Å². The van der Waals surface area contributed by atoms with Gasteiger partial charge in [-0.25, -0.2) is 0 Å². The highest BCUT2D eigenvalue weighted by Crippen LogP contribution is 2.27. The van der Waals surface area contributed by atoms with Crippen molar-refractivity contribution in [2.24, 2.45) is 0 Å². The van der Waals surface area contributed by atoms with Crippen LogP contribution in [0.5, 0.6) is 0 Å². The van der Waals surface area contributed by atoms with E-state index in [1.807, 2.05) is 32.9 Å². The van der Waals surface area contributed by atoms with Crippen LogP contribution < -0.4 is 10.6 Å². The minimum Gasteiger partial charge on any atom is -0.464 e. The van der Waals surface area contributed by atoms with Crippen LogP contribution in [0.2, 0.25) is 0 Å². The first kappa shape index (κ1) is 17.7. The van der Waals surface area contributed by atoms with Crippen LogP contribution in [0.25, 0.3) is 11.0 Å². The Balaban J connectivity index is 1.75. The molecule has 5 heteroatoms. The maximum atomic E-state index is 12.4. The van der Waals surface area contributed by atoms with Gasteiger partial charge in [0.15, 0.2) is 0 Å². The summed E-state index contributed by atoms with van der Waals surface area (Å²) < 4.78 is 5.66. The van der Waals surface area contributed by atoms with E-state index in [9.17, 15) is 9.59 Å². The fourth-order valence-corrected chi connectivity index (χ4v) is 2.90. The van der Waals surface area contributed by atoms with Gasteiger partial charge in [-0.2, -0.15) is 0 Å². The Bertz CT molecular complexity index is 973. The molecule has 0 aliphatic carbocycles. The van der Waals surface area contributed by atoms with Gasteiger partial charge in [0, 0.05) is 28.7 Å². The Kier molecular flexibility index (Phi) is 5.07. The minimum absolute atomic E-state index is 0.154. The molecule has 2 N–H and O–H groups in total. The monoisotopic (exact) mass is 350 g/mol. The van der Waals surface area contributed by atoms with E-state index in [4.69, 9.17) is 4.42 Å². The molecule has 0 spiro atoms. The molecule has 1 heterocycles. The average molecular weight is 350 g/mol. The molecule has 26 heavy (non-hydrogen) atoms. The molecular weight excluding hydrogens is 328 g/mol. The van der Waals surface area contributed by atoms with Gasteiger partial charge in [0.2, 0.25) is 5.91 Å². The SMILES string of the molecule is CCNC(=O)c1cccc(NC(=O)Cc2coc3c(C)c(C)ccc23)c1. The molecule has 3 aromatic rings. The number of hydrogen-bond donors (Lipinski definition) is 2. The molecule has 0 fully saturated rings. The van der Waals surface area contributed by atoms with Crippen LogP contribution in [-0.2, 0) is 11.2 Å². The second-order valence-corrected chi connectivity index (χ2v) is 6.31. The predicted molar refractivity (Wildman–Crippen MR) is 102 cm³/mol. The zero-order chi connectivity index (χ0) is 18.7. The quantitative estimate of drug-likeness (QED) is 0.731. The van der Waals surface area contributed by atoms with E-state index in [1.54, 1.807) is 30.5 Å². The largest absolute Gasteiger partial charge is 0.464 e.